The maximum Gasteiger partial charge on any atom is 0.323 e. The normalized spacial score (nSPS) is 29.2. The fourth-order valence-corrected chi connectivity index (χ4v) is 2.70. The number of nitrogens with zero attached hydrogens (tertiary/aromatic N) is 2. The van der Waals surface area contributed by atoms with Crippen LogP contribution in [0.5, 0.6) is 0 Å². The Hall–Kier alpha value is -1.36. The predicted molar refractivity (Wildman–Crippen MR) is 63.8 cm³/mol. The van der Waals surface area contributed by atoms with Crippen LogP contribution < -0.4 is 5.73 Å². The van der Waals surface area contributed by atoms with E-state index in [1.807, 2.05) is 24.6 Å². The van der Waals surface area contributed by atoms with Gasteiger partial charge in [0.25, 0.3) is 0 Å². The molecule has 5 nitrogen and oxygen atoms in total. The number of rotatable bonds is 2. The molecule has 17 heavy (non-hydrogen) atoms. The minimum atomic E-state index is -1.09. The molecule has 0 amide bonds. The zero-order chi connectivity index (χ0) is 12.6. The van der Waals surface area contributed by atoms with E-state index in [1.165, 1.54) is 0 Å². The molecule has 0 saturated heterocycles. The largest absolute Gasteiger partial charge is 0.480 e. The molecule has 1 aromatic heterocycles. The first-order valence-corrected chi connectivity index (χ1v) is 5.97. The van der Waals surface area contributed by atoms with Crippen LogP contribution in [0.3, 0.4) is 0 Å². The lowest BCUT2D eigenvalue weighted by atomic mass is 9.80. The lowest BCUT2D eigenvalue weighted by Gasteiger charge is -2.35. The van der Waals surface area contributed by atoms with E-state index in [0.29, 0.717) is 12.8 Å². The van der Waals surface area contributed by atoms with E-state index in [4.69, 9.17) is 5.73 Å². The Morgan fingerprint density at radius 1 is 1.65 bits per heavy atom. The maximum atomic E-state index is 11.2. The van der Waals surface area contributed by atoms with Gasteiger partial charge in [-0.25, -0.2) is 0 Å². The first-order valence-electron chi connectivity index (χ1n) is 5.97. The summed E-state index contributed by atoms with van der Waals surface area (Å²) in [6, 6.07) is 2.12. The molecular weight excluding hydrogens is 218 g/mol. The maximum absolute atomic E-state index is 11.2. The van der Waals surface area contributed by atoms with Crippen LogP contribution in [0.4, 0.5) is 0 Å². The van der Waals surface area contributed by atoms with Crippen LogP contribution in [0.25, 0.3) is 0 Å². The van der Waals surface area contributed by atoms with Gasteiger partial charge in [-0.05, 0) is 45.6 Å². The van der Waals surface area contributed by atoms with E-state index in [2.05, 4.69) is 5.10 Å². The predicted octanol–water partition coefficient (Wildman–Crippen LogP) is 1.40. The molecule has 1 saturated carbocycles. The SMILES string of the molecule is Cc1cc(C)n(C2CCCC(N)(C(=O)O)C2)n1. The van der Waals surface area contributed by atoms with Gasteiger partial charge in [-0.3, -0.25) is 9.48 Å². The number of aliphatic carboxylic acids is 1. The Bertz CT molecular complexity index is 441. The molecule has 1 aliphatic carbocycles. The Kier molecular flexibility index (Phi) is 2.95. The number of hydrogen-bond acceptors (Lipinski definition) is 3. The van der Waals surface area contributed by atoms with E-state index in [9.17, 15) is 9.90 Å². The molecule has 1 aromatic rings. The summed E-state index contributed by atoms with van der Waals surface area (Å²) in [5, 5.41) is 13.6. The second-order valence-corrected chi connectivity index (χ2v) is 5.08. The first-order chi connectivity index (χ1) is 7.92. The van der Waals surface area contributed by atoms with Crippen molar-refractivity contribution < 1.29 is 9.90 Å². The van der Waals surface area contributed by atoms with Gasteiger partial charge in [0.2, 0.25) is 0 Å². The van der Waals surface area contributed by atoms with E-state index in [1.54, 1.807) is 0 Å². The van der Waals surface area contributed by atoms with Gasteiger partial charge in [0.15, 0.2) is 0 Å². The molecular formula is C12H19N3O2. The van der Waals surface area contributed by atoms with Gasteiger partial charge in [-0.2, -0.15) is 5.10 Å². The minimum Gasteiger partial charge on any atom is -0.480 e. The topological polar surface area (TPSA) is 81.1 Å². The Labute approximate surface area is 101 Å². The fourth-order valence-electron chi connectivity index (χ4n) is 2.70. The smallest absolute Gasteiger partial charge is 0.323 e. The molecule has 2 unspecified atom stereocenters. The third-order valence-electron chi connectivity index (χ3n) is 3.58. The quantitative estimate of drug-likeness (QED) is 0.814. The average molecular weight is 237 g/mol. The molecule has 1 fully saturated rings. The van der Waals surface area contributed by atoms with E-state index in [-0.39, 0.29) is 6.04 Å². The summed E-state index contributed by atoms with van der Waals surface area (Å²) >= 11 is 0. The third kappa shape index (κ3) is 2.20. The van der Waals surface area contributed by atoms with Crippen LogP contribution in [0.15, 0.2) is 6.07 Å². The van der Waals surface area contributed by atoms with Crippen molar-refractivity contribution in [2.45, 2.75) is 51.1 Å². The van der Waals surface area contributed by atoms with Crippen molar-refractivity contribution in [1.29, 1.82) is 0 Å². The summed E-state index contributed by atoms with van der Waals surface area (Å²) in [6.45, 7) is 3.94. The average Bonchev–Trinajstić information content (AvgIpc) is 2.58. The molecule has 3 N–H and O–H groups in total. The highest BCUT2D eigenvalue weighted by atomic mass is 16.4. The molecule has 0 spiro atoms. The molecule has 1 aliphatic rings. The van der Waals surface area contributed by atoms with Crippen molar-refractivity contribution in [2.75, 3.05) is 0 Å². The highest BCUT2D eigenvalue weighted by Crippen LogP contribution is 2.34. The van der Waals surface area contributed by atoms with Crippen molar-refractivity contribution in [3.8, 4) is 0 Å². The molecule has 5 heteroatoms. The summed E-state index contributed by atoms with van der Waals surface area (Å²) in [4.78, 5) is 11.2. The molecule has 2 rings (SSSR count). The monoisotopic (exact) mass is 237 g/mol. The van der Waals surface area contributed by atoms with Crippen LogP contribution in [0, 0.1) is 13.8 Å². The van der Waals surface area contributed by atoms with Crippen LogP contribution in [-0.2, 0) is 4.79 Å². The number of carbonyl (C=O) groups is 1. The van der Waals surface area contributed by atoms with Gasteiger partial charge >= 0.3 is 5.97 Å². The molecule has 0 aromatic carbocycles. The molecule has 0 bridgehead atoms. The lowest BCUT2D eigenvalue weighted by Crippen LogP contribution is -2.51. The number of nitrogens with two attached hydrogens (primary N) is 1. The second-order valence-electron chi connectivity index (χ2n) is 5.08. The summed E-state index contributed by atoms with van der Waals surface area (Å²) < 4.78 is 1.93. The molecule has 0 radical (unpaired) electrons. The van der Waals surface area contributed by atoms with E-state index < -0.39 is 11.5 Å². The van der Waals surface area contributed by atoms with Crippen molar-refractivity contribution in [3.63, 3.8) is 0 Å². The van der Waals surface area contributed by atoms with Crippen molar-refractivity contribution >= 4 is 5.97 Å². The first kappa shape index (κ1) is 12.1. The summed E-state index contributed by atoms with van der Waals surface area (Å²) in [5.74, 6) is -0.899. The molecule has 0 aliphatic heterocycles. The van der Waals surface area contributed by atoms with Gasteiger partial charge in [0.1, 0.15) is 5.54 Å². The third-order valence-corrected chi connectivity index (χ3v) is 3.58. The standard InChI is InChI=1S/C12H19N3O2/c1-8-6-9(2)15(14-8)10-4-3-5-12(13,7-10)11(16)17/h6,10H,3-5,7,13H2,1-2H3,(H,16,17). The number of aryl methyl sites for hydroxylation is 2. The number of hydrogen-bond donors (Lipinski definition) is 2. The van der Waals surface area contributed by atoms with E-state index in [0.717, 1.165) is 24.2 Å². The zero-order valence-electron chi connectivity index (χ0n) is 10.3. The van der Waals surface area contributed by atoms with Gasteiger partial charge in [0, 0.05) is 5.69 Å². The number of carboxylic acids is 1. The zero-order valence-corrected chi connectivity index (χ0v) is 10.3. The molecule has 2 atom stereocenters. The Balaban J connectivity index is 2.23. The van der Waals surface area contributed by atoms with Crippen LogP contribution in [-0.4, -0.2) is 26.4 Å². The van der Waals surface area contributed by atoms with Gasteiger partial charge in [0.05, 0.1) is 11.7 Å². The van der Waals surface area contributed by atoms with Crippen LogP contribution in [0.2, 0.25) is 0 Å². The minimum absolute atomic E-state index is 0.110. The highest BCUT2D eigenvalue weighted by molar-refractivity contribution is 5.78. The number of carboxylic acid groups (broad SMARTS) is 1. The summed E-state index contributed by atoms with van der Waals surface area (Å²) in [6.07, 6.45) is 2.81. The van der Waals surface area contributed by atoms with Crippen LogP contribution >= 0.6 is 0 Å². The summed E-state index contributed by atoms with van der Waals surface area (Å²) in [7, 11) is 0. The van der Waals surface area contributed by atoms with Crippen LogP contribution in [0.1, 0.15) is 43.1 Å². The van der Waals surface area contributed by atoms with Crippen molar-refractivity contribution in [2.24, 2.45) is 5.73 Å². The molecule has 1 heterocycles. The van der Waals surface area contributed by atoms with Gasteiger partial charge in [-0.1, -0.05) is 0 Å². The lowest BCUT2D eigenvalue weighted by molar-refractivity contribution is -0.145. The fraction of sp³-hybridized carbons (Fsp3) is 0.667. The highest BCUT2D eigenvalue weighted by Gasteiger charge is 2.40. The molecule has 94 valence electrons. The van der Waals surface area contributed by atoms with Gasteiger partial charge in [-0.15, -0.1) is 0 Å². The van der Waals surface area contributed by atoms with Gasteiger partial charge < -0.3 is 10.8 Å². The Morgan fingerprint density at radius 3 is 2.88 bits per heavy atom. The number of aromatic nitrogens is 2. The Morgan fingerprint density at radius 2 is 2.35 bits per heavy atom. The van der Waals surface area contributed by atoms with E-state index >= 15 is 0 Å². The second kappa shape index (κ2) is 4.14. The van der Waals surface area contributed by atoms with Crippen molar-refractivity contribution in [3.05, 3.63) is 17.5 Å². The van der Waals surface area contributed by atoms with Crippen molar-refractivity contribution in [1.82, 2.24) is 9.78 Å². The summed E-state index contributed by atoms with van der Waals surface area (Å²) in [5.41, 5.74) is 6.89.